The first kappa shape index (κ1) is 54.9. The average Bonchev–Trinajstić information content (AvgIpc) is 2.81. The first-order valence-electron chi connectivity index (χ1n) is 30.0. The SMILES string of the molecule is C1=C(C2=CC=C(c3nnc(-c4ccc(-c5ccccc5)cc4)o3)CC2)CCC(c2nnc(-c3ccc(-c4ccccc4)cc3)o2)=C1.Cc1cc(-c2ccc(-c3nnc(-c4cccc5ccccc45)o3)c(C)c2)ccc1-c1nnc(-c2cccc3ccccc23)o1. The van der Waals surface area contributed by atoms with Gasteiger partial charge in [0.05, 0.1) is 0 Å². The van der Waals surface area contributed by atoms with Crippen LogP contribution >= 0.6 is 0 Å². The Morgan fingerprint density at radius 1 is 0.233 bits per heavy atom. The van der Waals surface area contributed by atoms with Crippen molar-refractivity contribution in [3.63, 3.8) is 0 Å². The monoisotopic (exact) mass is 1170 g/mol. The molecule has 0 bridgehead atoms. The molecule has 4 heterocycles. The van der Waals surface area contributed by atoms with Crippen LogP contribution in [0.2, 0.25) is 0 Å². The molecule has 0 amide bonds. The summed E-state index contributed by atoms with van der Waals surface area (Å²) in [5.41, 5.74) is 19.2. The van der Waals surface area contributed by atoms with Crippen LogP contribution in [0.3, 0.4) is 0 Å². The second kappa shape index (κ2) is 24.2. The third-order valence-corrected chi connectivity index (χ3v) is 16.7. The van der Waals surface area contributed by atoms with Gasteiger partial charge in [-0.15, -0.1) is 40.8 Å². The molecule has 90 heavy (non-hydrogen) atoms. The highest BCUT2D eigenvalue weighted by molar-refractivity contribution is 5.96. The number of hydrogen-bond donors (Lipinski definition) is 0. The van der Waals surface area contributed by atoms with E-state index >= 15 is 0 Å². The Morgan fingerprint density at radius 3 is 0.933 bits per heavy atom. The molecule has 0 N–H and O–H groups in total. The van der Waals surface area contributed by atoms with E-state index in [2.05, 4.69) is 188 Å². The van der Waals surface area contributed by atoms with Crippen LogP contribution in [-0.2, 0) is 0 Å². The van der Waals surface area contributed by atoms with Gasteiger partial charge >= 0.3 is 0 Å². The number of benzene rings is 10. The van der Waals surface area contributed by atoms with Gasteiger partial charge < -0.3 is 17.7 Å². The molecule has 432 valence electrons. The molecule has 10 aromatic carbocycles. The van der Waals surface area contributed by atoms with E-state index in [4.69, 9.17) is 17.7 Å². The minimum absolute atomic E-state index is 0.502. The Kier molecular flexibility index (Phi) is 14.7. The maximum Gasteiger partial charge on any atom is 0.248 e. The maximum absolute atomic E-state index is 6.19. The fourth-order valence-electron chi connectivity index (χ4n) is 11.8. The van der Waals surface area contributed by atoms with Crippen molar-refractivity contribution < 1.29 is 17.7 Å². The molecule has 0 unspecified atom stereocenters. The zero-order valence-corrected chi connectivity index (χ0v) is 49.3. The maximum atomic E-state index is 6.19. The molecular formula is C78H56N8O4. The lowest BCUT2D eigenvalue weighted by Crippen LogP contribution is -2.01. The van der Waals surface area contributed by atoms with Gasteiger partial charge in [-0.1, -0.05) is 206 Å². The summed E-state index contributed by atoms with van der Waals surface area (Å²) in [5, 5.41) is 39.4. The Hall–Kier alpha value is -11.8. The smallest absolute Gasteiger partial charge is 0.248 e. The molecule has 0 saturated heterocycles. The van der Waals surface area contributed by atoms with E-state index in [1.165, 1.54) is 22.3 Å². The number of aromatic nitrogens is 8. The zero-order valence-electron chi connectivity index (χ0n) is 49.3. The van der Waals surface area contributed by atoms with Crippen molar-refractivity contribution in [2.24, 2.45) is 0 Å². The van der Waals surface area contributed by atoms with E-state index in [1.807, 2.05) is 121 Å². The molecule has 4 aromatic heterocycles. The highest BCUT2D eigenvalue weighted by Crippen LogP contribution is 2.39. The molecule has 0 radical (unpaired) electrons. The third-order valence-electron chi connectivity index (χ3n) is 16.7. The van der Waals surface area contributed by atoms with Crippen molar-refractivity contribution in [2.45, 2.75) is 39.5 Å². The average molecular weight is 1170 g/mol. The lowest BCUT2D eigenvalue weighted by Gasteiger charge is -2.18. The predicted octanol–water partition coefficient (Wildman–Crippen LogP) is 19.7. The molecule has 16 rings (SSSR count). The summed E-state index contributed by atoms with van der Waals surface area (Å²) >= 11 is 0. The van der Waals surface area contributed by atoms with E-state index in [-0.39, 0.29) is 0 Å². The summed E-state index contributed by atoms with van der Waals surface area (Å²) in [6.07, 6.45) is 12.2. The summed E-state index contributed by atoms with van der Waals surface area (Å²) in [7, 11) is 0. The van der Waals surface area contributed by atoms with Gasteiger partial charge in [-0.3, -0.25) is 0 Å². The highest BCUT2D eigenvalue weighted by Gasteiger charge is 2.22. The van der Waals surface area contributed by atoms with Crippen molar-refractivity contribution in [3.05, 3.63) is 289 Å². The van der Waals surface area contributed by atoms with Crippen molar-refractivity contribution in [1.29, 1.82) is 0 Å². The van der Waals surface area contributed by atoms with Crippen molar-refractivity contribution in [1.82, 2.24) is 40.8 Å². The summed E-state index contributed by atoms with van der Waals surface area (Å²) in [4.78, 5) is 0. The Bertz CT molecular complexity index is 4760. The summed E-state index contributed by atoms with van der Waals surface area (Å²) in [6, 6.07) is 78.3. The van der Waals surface area contributed by atoms with Crippen LogP contribution in [0.15, 0.2) is 284 Å². The topological polar surface area (TPSA) is 156 Å². The fraction of sp³-hybridized carbons (Fsp3) is 0.0769. The molecule has 12 nitrogen and oxygen atoms in total. The summed E-state index contributed by atoms with van der Waals surface area (Å²) in [6.45, 7) is 4.13. The Labute approximate surface area is 519 Å². The number of rotatable bonds is 12. The molecule has 0 spiro atoms. The highest BCUT2D eigenvalue weighted by atomic mass is 16.4. The molecule has 12 heteroatoms. The first-order chi connectivity index (χ1) is 44.4. The molecule has 0 fully saturated rings. The Balaban J connectivity index is 0.000000150. The molecule has 0 aliphatic heterocycles. The standard InChI is InChI=1S/C40H30N4O2.C38H26N4O2/c1-3-7-27(8-4-1)29-11-19-33(20-12-29)37-41-43-39(45-37)35-23-15-31(16-24-35)32-17-25-36(26-18-32)40-44-42-38(46-40)34-21-13-30(14-22-34)28-9-5-2-6-10-28;1-23-21-27(17-19-29(23)35-39-41-37(43-35)33-15-7-11-25-9-3-5-13-31(25)33)28-18-20-30(24(2)22-28)36-40-42-38(44-36)34-16-8-12-26-10-4-6-14-32(26)34/h1-15,17,19-23,25H,16,18,24,26H2;3-22H,1-2H3. The summed E-state index contributed by atoms with van der Waals surface area (Å²) < 4.78 is 24.6. The van der Waals surface area contributed by atoms with Crippen molar-refractivity contribution in [3.8, 4) is 102 Å². The molecule has 0 saturated carbocycles. The lowest BCUT2D eigenvalue weighted by molar-refractivity contribution is 0.548. The van der Waals surface area contributed by atoms with Gasteiger partial charge in [0, 0.05) is 44.5 Å². The van der Waals surface area contributed by atoms with Gasteiger partial charge in [0.1, 0.15) is 0 Å². The van der Waals surface area contributed by atoms with Crippen LogP contribution < -0.4 is 0 Å². The molecule has 0 atom stereocenters. The van der Waals surface area contributed by atoms with Crippen LogP contribution in [-0.4, -0.2) is 40.8 Å². The number of fused-ring (bicyclic) bond motifs is 2. The zero-order chi connectivity index (χ0) is 60.3. The molecule has 14 aromatic rings. The van der Waals surface area contributed by atoms with Gasteiger partial charge in [-0.2, -0.15) is 0 Å². The molecule has 2 aliphatic rings. The van der Waals surface area contributed by atoms with Crippen LogP contribution in [0.4, 0.5) is 0 Å². The number of hydrogen-bond acceptors (Lipinski definition) is 12. The number of allylic oxidation sites excluding steroid dienone is 8. The fourth-order valence-corrected chi connectivity index (χ4v) is 11.8. The van der Waals surface area contributed by atoms with Crippen LogP contribution in [0.25, 0.3) is 135 Å². The van der Waals surface area contributed by atoms with Gasteiger partial charge in [0.2, 0.25) is 47.1 Å². The number of aryl methyl sites for hydroxylation is 2. The van der Waals surface area contributed by atoms with Crippen LogP contribution in [0.1, 0.15) is 48.6 Å². The second-order valence-corrected chi connectivity index (χ2v) is 22.4. The minimum atomic E-state index is 0.502. The van der Waals surface area contributed by atoms with E-state index in [0.717, 1.165) is 125 Å². The van der Waals surface area contributed by atoms with E-state index in [1.54, 1.807) is 0 Å². The second-order valence-electron chi connectivity index (χ2n) is 22.4. The third kappa shape index (κ3) is 11.2. The quantitative estimate of drug-likeness (QED) is 0.114. The first-order valence-corrected chi connectivity index (χ1v) is 30.0. The predicted molar refractivity (Wildman–Crippen MR) is 355 cm³/mol. The lowest BCUT2D eigenvalue weighted by atomic mass is 9.87. The minimum Gasteiger partial charge on any atom is -0.416 e. The van der Waals surface area contributed by atoms with E-state index < -0.39 is 0 Å². The van der Waals surface area contributed by atoms with E-state index in [9.17, 15) is 0 Å². The van der Waals surface area contributed by atoms with Gasteiger partial charge in [0.15, 0.2) is 0 Å². The van der Waals surface area contributed by atoms with Gasteiger partial charge in [-0.25, -0.2) is 0 Å². The van der Waals surface area contributed by atoms with Crippen LogP contribution in [0.5, 0.6) is 0 Å². The van der Waals surface area contributed by atoms with E-state index in [0.29, 0.717) is 47.1 Å². The van der Waals surface area contributed by atoms with Gasteiger partial charge in [0.25, 0.3) is 0 Å². The largest absolute Gasteiger partial charge is 0.416 e. The Morgan fingerprint density at radius 2 is 0.533 bits per heavy atom. The number of nitrogens with zero attached hydrogens (tertiary/aromatic N) is 8. The molecule has 2 aliphatic carbocycles. The normalized spacial score (nSPS) is 13.1. The van der Waals surface area contributed by atoms with Crippen LogP contribution in [0, 0.1) is 13.8 Å². The summed E-state index contributed by atoms with van der Waals surface area (Å²) in [5.74, 6) is 4.26. The molecular weight excluding hydrogens is 1110 g/mol. The van der Waals surface area contributed by atoms with Crippen molar-refractivity contribution in [2.75, 3.05) is 0 Å². The van der Waals surface area contributed by atoms with Gasteiger partial charge in [-0.05, 0) is 165 Å². The van der Waals surface area contributed by atoms with Crippen molar-refractivity contribution >= 4 is 32.7 Å².